The van der Waals surface area contributed by atoms with E-state index in [1.54, 1.807) is 6.07 Å². The molecule has 0 radical (unpaired) electrons. The van der Waals surface area contributed by atoms with Crippen molar-refractivity contribution in [3.05, 3.63) is 65.2 Å². The van der Waals surface area contributed by atoms with Crippen LogP contribution in [-0.2, 0) is 11.2 Å². The summed E-state index contributed by atoms with van der Waals surface area (Å²) in [7, 11) is 0. The number of piperazine rings is 1. The van der Waals surface area contributed by atoms with Gasteiger partial charge in [-0.3, -0.25) is 4.79 Å². The van der Waals surface area contributed by atoms with E-state index in [9.17, 15) is 4.79 Å². The van der Waals surface area contributed by atoms with Gasteiger partial charge in [0.05, 0.1) is 36.9 Å². The number of thiocarbonyl (C=S) groups is 1. The second-order valence-corrected chi connectivity index (χ2v) is 7.70. The van der Waals surface area contributed by atoms with Crippen LogP contribution in [0.2, 0.25) is 5.02 Å². The fourth-order valence-corrected chi connectivity index (χ4v) is 3.72. The fraction of sp³-hybridized carbons (Fsp3) is 0.333. The van der Waals surface area contributed by atoms with E-state index in [4.69, 9.17) is 23.8 Å². The van der Waals surface area contributed by atoms with Crippen LogP contribution in [0, 0.1) is 0 Å². The van der Waals surface area contributed by atoms with Crippen LogP contribution >= 0.6 is 23.8 Å². The third-order valence-electron chi connectivity index (χ3n) is 4.85. The minimum Gasteiger partial charge on any atom is -0.362 e. The summed E-state index contributed by atoms with van der Waals surface area (Å²) < 4.78 is 0. The van der Waals surface area contributed by atoms with Crippen molar-refractivity contribution < 1.29 is 9.69 Å². The van der Waals surface area contributed by atoms with E-state index in [0.29, 0.717) is 17.3 Å². The quantitative estimate of drug-likeness (QED) is 0.625. The normalized spacial score (nSPS) is 14.5. The van der Waals surface area contributed by atoms with Crippen molar-refractivity contribution in [3.8, 4) is 0 Å². The molecule has 1 aliphatic rings. The minimum atomic E-state index is -0.0138. The van der Waals surface area contributed by atoms with Crippen LogP contribution in [0.3, 0.4) is 0 Å². The summed E-state index contributed by atoms with van der Waals surface area (Å²) in [4.78, 5) is 15.7. The van der Waals surface area contributed by atoms with Crippen LogP contribution in [0.1, 0.15) is 5.56 Å². The molecule has 1 fully saturated rings. The lowest BCUT2D eigenvalue weighted by molar-refractivity contribution is -0.895. The number of rotatable bonds is 6. The molecule has 1 heterocycles. The van der Waals surface area contributed by atoms with Crippen molar-refractivity contribution in [1.82, 2.24) is 10.2 Å². The number of benzene rings is 2. The molecule has 0 spiro atoms. The van der Waals surface area contributed by atoms with Crippen LogP contribution in [0.5, 0.6) is 0 Å². The lowest BCUT2D eigenvalue weighted by Gasteiger charge is -2.33. The monoisotopic (exact) mass is 417 g/mol. The highest BCUT2D eigenvalue weighted by Crippen LogP contribution is 2.19. The van der Waals surface area contributed by atoms with Gasteiger partial charge in [-0.05, 0) is 36.3 Å². The molecule has 2 aromatic carbocycles. The molecule has 1 aliphatic heterocycles. The first-order valence-corrected chi connectivity index (χ1v) is 10.3. The summed E-state index contributed by atoms with van der Waals surface area (Å²) in [5.74, 6) is -0.0138. The Labute approximate surface area is 176 Å². The smallest absolute Gasteiger partial charge is 0.279 e. The number of nitrogens with zero attached hydrogens (tertiary/aromatic N) is 1. The molecule has 0 unspecified atom stereocenters. The molecule has 0 aliphatic carbocycles. The van der Waals surface area contributed by atoms with Gasteiger partial charge < -0.3 is 20.4 Å². The Bertz CT molecular complexity index is 794. The third-order valence-corrected chi connectivity index (χ3v) is 5.58. The minimum absolute atomic E-state index is 0.0138. The number of carbonyl (C=O) groups excluding carboxylic acids is 1. The molecule has 1 amide bonds. The van der Waals surface area contributed by atoms with Crippen molar-refractivity contribution >= 4 is 40.5 Å². The molecular formula is C21H26ClN4OS+. The predicted octanol–water partition coefficient (Wildman–Crippen LogP) is 1.60. The van der Waals surface area contributed by atoms with Gasteiger partial charge in [-0.15, -0.1) is 0 Å². The summed E-state index contributed by atoms with van der Waals surface area (Å²) >= 11 is 11.6. The molecule has 2 aromatic rings. The standard InChI is InChI=1S/C21H25ClN4OS/c22-18-8-4-5-9-19(18)24-20(27)16-25-12-14-26(15-13-25)21(28)23-11-10-17-6-2-1-3-7-17/h1-9H,10-16H2,(H,23,28)(H,24,27)/p+1. The van der Waals surface area contributed by atoms with Crippen molar-refractivity contribution in [2.24, 2.45) is 0 Å². The Hall–Kier alpha value is -2.15. The van der Waals surface area contributed by atoms with Gasteiger partial charge >= 0.3 is 0 Å². The number of quaternary nitrogens is 1. The van der Waals surface area contributed by atoms with Crippen LogP contribution in [-0.4, -0.2) is 55.2 Å². The van der Waals surface area contributed by atoms with E-state index >= 15 is 0 Å². The van der Waals surface area contributed by atoms with Gasteiger partial charge in [-0.2, -0.15) is 0 Å². The highest BCUT2D eigenvalue weighted by molar-refractivity contribution is 7.80. The van der Waals surface area contributed by atoms with Gasteiger partial charge in [0.25, 0.3) is 5.91 Å². The molecule has 3 rings (SSSR count). The number of halogens is 1. The number of anilines is 1. The molecule has 7 heteroatoms. The molecule has 0 saturated carbocycles. The Morgan fingerprint density at radius 1 is 1.07 bits per heavy atom. The Morgan fingerprint density at radius 3 is 2.46 bits per heavy atom. The largest absolute Gasteiger partial charge is 0.362 e. The Kier molecular flexibility index (Phi) is 7.65. The second kappa shape index (κ2) is 10.4. The number of nitrogens with one attached hydrogen (secondary N) is 3. The summed E-state index contributed by atoms with van der Waals surface area (Å²) in [6.45, 7) is 4.74. The zero-order chi connectivity index (χ0) is 19.8. The molecule has 0 bridgehead atoms. The first kappa shape index (κ1) is 20.6. The molecule has 0 atom stereocenters. The van der Waals surface area contributed by atoms with Gasteiger partial charge in [0.15, 0.2) is 11.7 Å². The highest BCUT2D eigenvalue weighted by atomic mass is 35.5. The van der Waals surface area contributed by atoms with E-state index in [1.165, 1.54) is 10.5 Å². The van der Waals surface area contributed by atoms with Crippen LogP contribution in [0.25, 0.3) is 0 Å². The zero-order valence-corrected chi connectivity index (χ0v) is 17.4. The van der Waals surface area contributed by atoms with Crippen molar-refractivity contribution in [2.75, 3.05) is 44.6 Å². The van der Waals surface area contributed by atoms with Crippen molar-refractivity contribution in [2.45, 2.75) is 6.42 Å². The molecule has 3 N–H and O–H groups in total. The van der Waals surface area contributed by atoms with Crippen LogP contribution < -0.4 is 15.5 Å². The maximum atomic E-state index is 12.3. The molecule has 0 aromatic heterocycles. The summed E-state index contributed by atoms with van der Waals surface area (Å²) in [6.07, 6.45) is 0.953. The summed E-state index contributed by atoms with van der Waals surface area (Å²) in [5, 5.41) is 7.60. The lowest BCUT2D eigenvalue weighted by atomic mass is 10.1. The van der Waals surface area contributed by atoms with Gasteiger partial charge in [0.1, 0.15) is 0 Å². The van der Waals surface area contributed by atoms with Crippen LogP contribution in [0.15, 0.2) is 54.6 Å². The molecule has 28 heavy (non-hydrogen) atoms. The van der Waals surface area contributed by atoms with E-state index in [2.05, 4.69) is 39.8 Å². The summed E-state index contributed by atoms with van der Waals surface area (Å²) in [6, 6.07) is 17.7. The number of carbonyl (C=O) groups is 1. The van der Waals surface area contributed by atoms with Gasteiger partial charge in [0, 0.05) is 6.54 Å². The molecule has 5 nitrogen and oxygen atoms in total. The van der Waals surface area contributed by atoms with Gasteiger partial charge in [-0.25, -0.2) is 0 Å². The first-order chi connectivity index (χ1) is 13.6. The third kappa shape index (κ3) is 6.19. The maximum Gasteiger partial charge on any atom is 0.279 e. The fourth-order valence-electron chi connectivity index (χ4n) is 3.26. The second-order valence-electron chi connectivity index (χ2n) is 6.91. The van der Waals surface area contributed by atoms with E-state index in [-0.39, 0.29) is 5.91 Å². The maximum absolute atomic E-state index is 12.3. The topological polar surface area (TPSA) is 48.8 Å². The number of para-hydroxylation sites is 1. The first-order valence-electron chi connectivity index (χ1n) is 9.56. The lowest BCUT2D eigenvalue weighted by Crippen LogP contribution is -3.15. The van der Waals surface area contributed by atoms with E-state index < -0.39 is 0 Å². The van der Waals surface area contributed by atoms with Gasteiger partial charge in [-0.1, -0.05) is 54.1 Å². The molecule has 148 valence electrons. The average Bonchev–Trinajstić information content (AvgIpc) is 2.71. The van der Waals surface area contributed by atoms with E-state index in [0.717, 1.165) is 44.3 Å². The highest BCUT2D eigenvalue weighted by Gasteiger charge is 2.23. The SMILES string of the molecule is O=C(C[NH+]1CCN(C(=S)NCCc2ccccc2)CC1)Nc1ccccc1Cl. The van der Waals surface area contributed by atoms with Crippen LogP contribution in [0.4, 0.5) is 5.69 Å². The van der Waals surface area contributed by atoms with E-state index in [1.807, 2.05) is 24.3 Å². The predicted molar refractivity (Wildman–Crippen MR) is 118 cm³/mol. The van der Waals surface area contributed by atoms with Crippen molar-refractivity contribution in [3.63, 3.8) is 0 Å². The number of hydrogen-bond donors (Lipinski definition) is 3. The Morgan fingerprint density at radius 2 is 1.75 bits per heavy atom. The molecule has 1 saturated heterocycles. The number of hydrogen-bond acceptors (Lipinski definition) is 2. The Balaban J connectivity index is 1.36. The number of amides is 1. The van der Waals surface area contributed by atoms with Crippen molar-refractivity contribution in [1.29, 1.82) is 0 Å². The molecular weight excluding hydrogens is 392 g/mol. The summed E-state index contributed by atoms with van der Waals surface area (Å²) in [5.41, 5.74) is 1.97. The average molecular weight is 418 g/mol. The zero-order valence-electron chi connectivity index (χ0n) is 15.8. The van der Waals surface area contributed by atoms with Gasteiger partial charge in [0.2, 0.25) is 0 Å².